The molecule has 6 heteroatoms. The summed E-state index contributed by atoms with van der Waals surface area (Å²) in [5.41, 5.74) is 0. The highest BCUT2D eigenvalue weighted by Crippen LogP contribution is 1.98. The van der Waals surface area contributed by atoms with E-state index in [2.05, 4.69) is 32.6 Å². The molecule has 1 N–H and O–H groups in total. The number of nitrogens with one attached hydrogen (secondary N) is 1. The van der Waals surface area contributed by atoms with Gasteiger partial charge >= 0.3 is 5.97 Å². The summed E-state index contributed by atoms with van der Waals surface area (Å²) in [5.74, 6) is -0.255. The van der Waals surface area contributed by atoms with Crippen LogP contribution in [0.25, 0.3) is 0 Å². The van der Waals surface area contributed by atoms with Crippen molar-refractivity contribution in [2.75, 3.05) is 11.5 Å². The maximum Gasteiger partial charge on any atom is 0.307 e. The van der Waals surface area contributed by atoms with Crippen LogP contribution in [0.3, 0.4) is 0 Å². The summed E-state index contributed by atoms with van der Waals surface area (Å²) in [6.45, 7) is 0. The maximum atomic E-state index is 10.8. The number of rotatable bonds is 6. The number of esters is 1. The second kappa shape index (κ2) is 7.54. The summed E-state index contributed by atoms with van der Waals surface area (Å²) >= 11 is 2.15. The van der Waals surface area contributed by atoms with Crippen LogP contribution in [0.4, 0.5) is 0 Å². The second-order valence-electron chi connectivity index (χ2n) is 2.21. The van der Waals surface area contributed by atoms with Crippen molar-refractivity contribution >= 4 is 42.2 Å². The number of halogens is 1. The van der Waals surface area contributed by atoms with Gasteiger partial charge in [0, 0.05) is 10.5 Å². The van der Waals surface area contributed by atoms with Crippen molar-refractivity contribution in [2.45, 2.75) is 12.5 Å². The molecule has 0 saturated heterocycles. The Kier molecular flexibility index (Phi) is 7.47. The van der Waals surface area contributed by atoms with E-state index < -0.39 is 0 Å². The van der Waals surface area contributed by atoms with Crippen molar-refractivity contribution in [3.8, 4) is 0 Å². The highest BCUT2D eigenvalue weighted by molar-refractivity contribution is 14.1. The zero-order valence-corrected chi connectivity index (χ0v) is 9.04. The molecule has 0 fully saturated rings. The highest BCUT2D eigenvalue weighted by Gasteiger charge is 2.11. The van der Waals surface area contributed by atoms with Gasteiger partial charge < -0.3 is 14.8 Å². The minimum atomic E-state index is -0.255. The van der Waals surface area contributed by atoms with Gasteiger partial charge in [-0.1, -0.05) is 22.6 Å². The molecule has 0 aromatic carbocycles. The van der Waals surface area contributed by atoms with E-state index >= 15 is 0 Å². The lowest BCUT2D eigenvalue weighted by molar-refractivity contribution is -0.140. The van der Waals surface area contributed by atoms with Gasteiger partial charge in [-0.3, -0.25) is 4.79 Å². The monoisotopic (exact) mass is 283 g/mol. The van der Waals surface area contributed by atoms with Crippen LogP contribution in [0, 0.1) is 0 Å². The van der Waals surface area contributed by atoms with Crippen LogP contribution in [0.2, 0.25) is 0 Å². The van der Waals surface area contributed by atoms with Crippen LogP contribution in [0.15, 0.2) is 0 Å². The van der Waals surface area contributed by atoms with E-state index in [1.54, 1.807) is 0 Å². The van der Waals surface area contributed by atoms with Crippen LogP contribution in [0.5, 0.6) is 0 Å². The molecular formula is C6H11BINO3. The lowest BCUT2D eigenvalue weighted by atomic mass is 9.96. The summed E-state index contributed by atoms with van der Waals surface area (Å²) in [5, 5.41) is 2.91. The predicted octanol–water partition coefficient (Wildman–Crippen LogP) is -0.516. The van der Waals surface area contributed by atoms with Gasteiger partial charge in [0.15, 0.2) is 0 Å². The standard InChI is InChI=1S/C6H11BINO3/c1-12-6(11)2-5(3-8)9-7-4-10/h4-5,7,9H,2-3H2,1H3/t5-/m1/s1. The lowest BCUT2D eigenvalue weighted by Crippen LogP contribution is -2.36. The van der Waals surface area contributed by atoms with E-state index in [1.807, 2.05) is 0 Å². The number of hydrogen-bond acceptors (Lipinski definition) is 4. The van der Waals surface area contributed by atoms with Crippen LogP contribution in [0.1, 0.15) is 6.42 Å². The molecule has 0 rings (SSSR count). The average molecular weight is 283 g/mol. The SMILES string of the molecule is COC(=O)C[C@H](CI)NBC=O. The van der Waals surface area contributed by atoms with E-state index in [0.717, 1.165) is 10.6 Å². The molecule has 0 aliphatic heterocycles. The quantitative estimate of drug-likeness (QED) is 0.234. The van der Waals surface area contributed by atoms with Crippen LogP contribution in [-0.4, -0.2) is 37.1 Å². The van der Waals surface area contributed by atoms with Gasteiger partial charge in [0.05, 0.1) is 19.7 Å². The number of methoxy groups -OCH3 is 1. The van der Waals surface area contributed by atoms with Gasteiger partial charge in [0.25, 0.3) is 7.41 Å². The molecule has 68 valence electrons. The Bertz CT molecular complexity index is 156. The van der Waals surface area contributed by atoms with Gasteiger partial charge in [-0.25, -0.2) is 0 Å². The van der Waals surface area contributed by atoms with E-state index in [9.17, 15) is 9.59 Å². The molecule has 0 aliphatic rings. The lowest BCUT2D eigenvalue weighted by Gasteiger charge is -2.11. The van der Waals surface area contributed by atoms with E-state index in [-0.39, 0.29) is 19.4 Å². The third-order valence-electron chi connectivity index (χ3n) is 1.32. The normalized spacial score (nSPS) is 11.8. The molecule has 0 heterocycles. The van der Waals surface area contributed by atoms with Gasteiger partial charge in [-0.15, -0.1) is 0 Å². The first-order valence-corrected chi connectivity index (χ1v) is 5.07. The van der Waals surface area contributed by atoms with Crippen LogP contribution in [-0.2, 0) is 14.3 Å². The van der Waals surface area contributed by atoms with Crippen molar-refractivity contribution in [2.24, 2.45) is 0 Å². The third kappa shape index (κ3) is 5.53. The first-order chi connectivity index (χ1) is 5.74. The second-order valence-corrected chi connectivity index (χ2v) is 3.09. The van der Waals surface area contributed by atoms with Gasteiger partial charge in [0.2, 0.25) is 0 Å². The van der Waals surface area contributed by atoms with Crippen molar-refractivity contribution in [3.63, 3.8) is 0 Å². The van der Waals surface area contributed by atoms with Crippen molar-refractivity contribution in [3.05, 3.63) is 0 Å². The predicted molar refractivity (Wildman–Crippen MR) is 56.3 cm³/mol. The smallest absolute Gasteiger partial charge is 0.307 e. The molecule has 0 aromatic rings. The Labute approximate surface area is 85.8 Å². The minimum absolute atomic E-state index is 0.0308. The Morgan fingerprint density at radius 3 is 2.92 bits per heavy atom. The van der Waals surface area contributed by atoms with Crippen molar-refractivity contribution < 1.29 is 14.3 Å². The summed E-state index contributed by atoms with van der Waals surface area (Å²) in [6.07, 6.45) is 1.09. The maximum absolute atomic E-state index is 10.8. The van der Waals surface area contributed by atoms with Crippen LogP contribution < -0.4 is 5.23 Å². The number of hydrogen-bond donors (Lipinski definition) is 1. The molecule has 0 unspecified atom stereocenters. The van der Waals surface area contributed by atoms with E-state index in [0.29, 0.717) is 6.42 Å². The first-order valence-electron chi connectivity index (χ1n) is 3.54. The molecule has 0 bridgehead atoms. The molecule has 0 aromatic heterocycles. The summed E-state index contributed by atoms with van der Waals surface area (Å²) in [4.78, 5) is 20.8. The van der Waals surface area contributed by atoms with Gasteiger partial charge in [-0.05, 0) is 0 Å². The van der Waals surface area contributed by atoms with Gasteiger partial charge in [-0.2, -0.15) is 0 Å². The summed E-state index contributed by atoms with van der Waals surface area (Å²) < 4.78 is 5.27. The molecular weight excluding hydrogens is 272 g/mol. The number of carbonyl (C=O) groups is 2. The Morgan fingerprint density at radius 1 is 1.83 bits per heavy atom. The number of carbonyl (C=O) groups excluding carboxylic acids is 2. The molecule has 0 amide bonds. The topological polar surface area (TPSA) is 55.4 Å². The zero-order chi connectivity index (χ0) is 9.40. The van der Waals surface area contributed by atoms with Crippen LogP contribution >= 0.6 is 22.6 Å². The zero-order valence-electron chi connectivity index (χ0n) is 6.88. The molecule has 0 saturated carbocycles. The molecule has 0 aliphatic carbocycles. The van der Waals surface area contributed by atoms with E-state index in [4.69, 9.17) is 0 Å². The number of ether oxygens (including phenoxy) is 1. The highest BCUT2D eigenvalue weighted by atomic mass is 127. The molecule has 0 spiro atoms. The largest absolute Gasteiger partial charge is 0.469 e. The Morgan fingerprint density at radius 2 is 2.50 bits per heavy atom. The Hall–Kier alpha value is -0.105. The molecule has 0 radical (unpaired) electrons. The fourth-order valence-corrected chi connectivity index (χ4v) is 1.30. The van der Waals surface area contributed by atoms with Crippen molar-refractivity contribution in [1.82, 2.24) is 5.23 Å². The molecule has 12 heavy (non-hydrogen) atoms. The summed E-state index contributed by atoms with van der Waals surface area (Å²) in [7, 11) is 1.64. The average Bonchev–Trinajstić information content (AvgIpc) is 2.11. The Balaban J connectivity index is 3.66. The fourth-order valence-electron chi connectivity index (χ4n) is 0.681. The summed E-state index contributed by atoms with van der Waals surface area (Å²) in [6, 6.07) is 0.0308. The number of alkyl halides is 1. The van der Waals surface area contributed by atoms with E-state index in [1.165, 1.54) is 7.11 Å². The fraction of sp³-hybridized carbons (Fsp3) is 0.667. The molecule has 4 nitrogen and oxygen atoms in total. The third-order valence-corrected chi connectivity index (χ3v) is 2.38. The first kappa shape index (κ1) is 11.9. The minimum Gasteiger partial charge on any atom is -0.469 e. The van der Waals surface area contributed by atoms with Gasteiger partial charge in [0.1, 0.15) is 0 Å². The van der Waals surface area contributed by atoms with Crippen molar-refractivity contribution in [1.29, 1.82) is 0 Å². The molecule has 1 atom stereocenters.